The smallest absolute Gasteiger partial charge is 0.247 e. The van der Waals surface area contributed by atoms with Crippen LogP contribution in [0.25, 0.3) is 0 Å². The largest absolute Gasteiger partial charge is 0.497 e. The maximum Gasteiger partial charge on any atom is 0.247 e. The van der Waals surface area contributed by atoms with Crippen LogP contribution in [0.15, 0.2) is 53.5 Å². The number of rotatable bonds is 6. The number of amidine groups is 1. The predicted octanol–water partition coefficient (Wildman–Crippen LogP) is 3.13. The molecule has 0 bridgehead atoms. The average molecular weight is 474 g/mol. The third-order valence-electron chi connectivity index (χ3n) is 5.64. The van der Waals surface area contributed by atoms with E-state index < -0.39 is 9.84 Å². The third-order valence-corrected chi connectivity index (χ3v) is 8.89. The molecule has 2 aliphatic heterocycles. The Morgan fingerprint density at radius 2 is 1.91 bits per heavy atom. The average Bonchev–Trinajstić information content (AvgIpc) is 3.26. The van der Waals surface area contributed by atoms with Gasteiger partial charge in [-0.1, -0.05) is 23.9 Å². The van der Waals surface area contributed by atoms with Crippen molar-refractivity contribution in [2.75, 3.05) is 41.5 Å². The van der Waals surface area contributed by atoms with Gasteiger partial charge >= 0.3 is 0 Å². The quantitative estimate of drug-likeness (QED) is 0.641. The second-order valence-electron chi connectivity index (χ2n) is 7.97. The monoisotopic (exact) mass is 473 g/mol. The molecule has 2 aliphatic rings. The maximum absolute atomic E-state index is 13.4. The Bertz CT molecular complexity index is 1130. The molecule has 4 rings (SSSR count). The van der Waals surface area contributed by atoms with Gasteiger partial charge in [-0.2, -0.15) is 0 Å². The summed E-state index contributed by atoms with van der Waals surface area (Å²) < 4.78 is 29.2. The summed E-state index contributed by atoms with van der Waals surface area (Å²) in [5.74, 6) is 0.869. The minimum absolute atomic E-state index is 0.0538. The molecule has 0 aromatic heterocycles. The van der Waals surface area contributed by atoms with Crippen LogP contribution >= 0.6 is 11.8 Å². The van der Waals surface area contributed by atoms with Crippen LogP contribution < -0.4 is 14.5 Å². The first-order chi connectivity index (χ1) is 15.3. The number of benzene rings is 2. The lowest BCUT2D eigenvalue weighted by atomic mass is 10.2. The number of nitrogens with zero attached hydrogens (tertiary/aromatic N) is 3. The van der Waals surface area contributed by atoms with Crippen molar-refractivity contribution in [2.24, 2.45) is 4.99 Å². The first kappa shape index (κ1) is 22.7. The normalized spacial score (nSPS) is 21.0. The third kappa shape index (κ3) is 4.78. The fourth-order valence-corrected chi connectivity index (χ4v) is 7.80. The summed E-state index contributed by atoms with van der Waals surface area (Å²) in [4.78, 5) is 21.8. The van der Waals surface area contributed by atoms with Crippen molar-refractivity contribution in [3.05, 3.63) is 54.1 Å². The number of carbonyl (C=O) groups excluding carboxylic acids is 1. The van der Waals surface area contributed by atoms with Crippen molar-refractivity contribution in [3.63, 3.8) is 0 Å². The molecule has 170 valence electrons. The molecule has 0 spiro atoms. The zero-order chi connectivity index (χ0) is 22.9. The Kier molecular flexibility index (Phi) is 6.48. The summed E-state index contributed by atoms with van der Waals surface area (Å²) in [7, 11) is -1.44. The summed E-state index contributed by atoms with van der Waals surface area (Å²) >= 11 is 1.45. The number of amides is 1. The van der Waals surface area contributed by atoms with Gasteiger partial charge in [0.25, 0.3) is 0 Å². The minimum Gasteiger partial charge on any atom is -0.497 e. The van der Waals surface area contributed by atoms with Gasteiger partial charge in [-0.3, -0.25) is 9.79 Å². The van der Waals surface area contributed by atoms with Gasteiger partial charge < -0.3 is 14.5 Å². The second-order valence-corrected chi connectivity index (χ2v) is 11.3. The summed E-state index contributed by atoms with van der Waals surface area (Å²) in [6.45, 7) is 4.60. The van der Waals surface area contributed by atoms with Gasteiger partial charge in [-0.25, -0.2) is 8.42 Å². The fourth-order valence-electron chi connectivity index (χ4n) is 4.02. The molecule has 0 saturated carbocycles. The van der Waals surface area contributed by atoms with E-state index in [1.165, 1.54) is 11.8 Å². The SMILES string of the molecule is CCN(C(=O)CN(C1=N[C@H]2CS(=O)(=O)C[C@H]2S1)c1ccc(OC)cc1)c1cccc(C)c1. The summed E-state index contributed by atoms with van der Waals surface area (Å²) in [5, 5.41) is 0.596. The molecule has 2 atom stereocenters. The number of hydrogen-bond donors (Lipinski definition) is 0. The highest BCUT2D eigenvalue weighted by molar-refractivity contribution is 8.15. The van der Waals surface area contributed by atoms with Crippen LogP contribution in [0.3, 0.4) is 0 Å². The number of aliphatic imine (C=N–C) groups is 1. The molecule has 9 heteroatoms. The van der Waals surface area contributed by atoms with Crippen LogP contribution in [0.5, 0.6) is 5.75 Å². The number of likely N-dealkylation sites (N-methyl/N-ethyl adjacent to an activating group) is 1. The topological polar surface area (TPSA) is 79.3 Å². The second kappa shape index (κ2) is 9.15. The number of anilines is 2. The van der Waals surface area contributed by atoms with Gasteiger partial charge in [0.2, 0.25) is 5.91 Å². The zero-order valence-electron chi connectivity index (χ0n) is 18.4. The van der Waals surface area contributed by atoms with Gasteiger partial charge in [-0.15, -0.1) is 0 Å². The minimum atomic E-state index is -3.05. The molecule has 0 radical (unpaired) electrons. The highest BCUT2D eigenvalue weighted by Gasteiger charge is 2.44. The zero-order valence-corrected chi connectivity index (χ0v) is 20.0. The van der Waals surface area contributed by atoms with Gasteiger partial charge in [-0.05, 0) is 55.8 Å². The van der Waals surface area contributed by atoms with E-state index in [0.717, 1.165) is 22.7 Å². The van der Waals surface area contributed by atoms with E-state index >= 15 is 0 Å². The van der Waals surface area contributed by atoms with Gasteiger partial charge in [0.15, 0.2) is 15.0 Å². The number of fused-ring (bicyclic) bond motifs is 1. The van der Waals surface area contributed by atoms with Crippen LogP contribution in [0, 0.1) is 6.92 Å². The Balaban J connectivity index is 1.63. The van der Waals surface area contributed by atoms with E-state index in [1.807, 2.05) is 67.3 Å². The van der Waals surface area contributed by atoms with E-state index in [2.05, 4.69) is 0 Å². The van der Waals surface area contributed by atoms with E-state index in [4.69, 9.17) is 9.73 Å². The number of aryl methyl sites for hydroxylation is 1. The molecule has 7 nitrogen and oxygen atoms in total. The highest BCUT2D eigenvalue weighted by Crippen LogP contribution is 2.37. The van der Waals surface area contributed by atoms with Crippen molar-refractivity contribution in [3.8, 4) is 5.75 Å². The molecule has 0 N–H and O–H groups in total. The van der Waals surface area contributed by atoms with E-state index in [1.54, 1.807) is 12.0 Å². The molecule has 1 fully saturated rings. The van der Waals surface area contributed by atoms with Crippen LogP contribution in [-0.4, -0.2) is 62.5 Å². The first-order valence-electron chi connectivity index (χ1n) is 10.5. The molecule has 2 heterocycles. The molecule has 1 amide bonds. The number of thioether (sulfide) groups is 1. The van der Waals surface area contributed by atoms with E-state index in [9.17, 15) is 13.2 Å². The molecular formula is C23H27N3O4S2. The molecule has 2 aromatic rings. The van der Waals surface area contributed by atoms with E-state index in [0.29, 0.717) is 11.7 Å². The Morgan fingerprint density at radius 3 is 2.53 bits per heavy atom. The van der Waals surface area contributed by atoms with Crippen LogP contribution in [0.4, 0.5) is 11.4 Å². The van der Waals surface area contributed by atoms with Crippen LogP contribution in [-0.2, 0) is 14.6 Å². The summed E-state index contributed by atoms with van der Waals surface area (Å²) in [6, 6.07) is 15.1. The van der Waals surface area contributed by atoms with Gasteiger partial charge in [0, 0.05) is 23.2 Å². The van der Waals surface area contributed by atoms with E-state index in [-0.39, 0.29) is 35.2 Å². The lowest BCUT2D eigenvalue weighted by Crippen LogP contribution is -2.42. The Labute approximate surface area is 193 Å². The summed E-state index contributed by atoms with van der Waals surface area (Å²) in [5.41, 5.74) is 2.76. The van der Waals surface area contributed by atoms with Crippen molar-refractivity contribution in [1.29, 1.82) is 0 Å². The number of carbonyl (C=O) groups is 1. The highest BCUT2D eigenvalue weighted by atomic mass is 32.2. The molecule has 1 saturated heterocycles. The lowest BCUT2D eigenvalue weighted by Gasteiger charge is -2.28. The molecule has 32 heavy (non-hydrogen) atoms. The Morgan fingerprint density at radius 1 is 1.16 bits per heavy atom. The molecule has 2 aromatic carbocycles. The number of sulfone groups is 1. The van der Waals surface area contributed by atoms with Crippen molar-refractivity contribution < 1.29 is 17.9 Å². The van der Waals surface area contributed by atoms with Crippen molar-refractivity contribution >= 4 is 44.0 Å². The molecule has 0 unspecified atom stereocenters. The number of methoxy groups -OCH3 is 1. The van der Waals surface area contributed by atoms with Crippen LogP contribution in [0.2, 0.25) is 0 Å². The van der Waals surface area contributed by atoms with Crippen molar-refractivity contribution in [2.45, 2.75) is 25.1 Å². The first-order valence-corrected chi connectivity index (χ1v) is 13.2. The maximum atomic E-state index is 13.4. The Hall–Kier alpha value is -2.52. The van der Waals surface area contributed by atoms with Gasteiger partial charge in [0.05, 0.1) is 24.7 Å². The van der Waals surface area contributed by atoms with Gasteiger partial charge in [0.1, 0.15) is 12.3 Å². The van der Waals surface area contributed by atoms with Crippen LogP contribution in [0.1, 0.15) is 12.5 Å². The fraction of sp³-hybridized carbons (Fsp3) is 0.391. The standard InChI is InChI=1S/C23H27N3O4S2/c1-4-25(18-7-5-6-16(2)12-18)22(27)13-26(17-8-10-19(30-3)11-9-17)23-24-20-14-32(28,29)15-21(20)31-23/h5-12,20-21H,4,13-15H2,1-3H3/t20-,21+/m0/s1. The van der Waals surface area contributed by atoms with Crippen molar-refractivity contribution in [1.82, 2.24) is 0 Å². The summed E-state index contributed by atoms with van der Waals surface area (Å²) in [6.07, 6.45) is 0. The molecule has 0 aliphatic carbocycles. The lowest BCUT2D eigenvalue weighted by molar-refractivity contribution is -0.117. The molecular weight excluding hydrogens is 446 g/mol. The predicted molar refractivity (Wildman–Crippen MR) is 131 cm³/mol. The number of hydrogen-bond acceptors (Lipinski definition) is 7. The number of ether oxygens (including phenoxy) is 1.